The average Bonchev–Trinajstić information content (AvgIpc) is 2.82. The lowest BCUT2D eigenvalue weighted by Gasteiger charge is -1.99. The number of nitrogens with one attached hydrogen (secondary N) is 1. The van der Waals surface area contributed by atoms with Crippen LogP contribution in [0.1, 0.15) is 23.2 Å². The Morgan fingerprint density at radius 3 is 2.81 bits per heavy atom. The molecule has 2 aromatic heterocycles. The maximum Gasteiger partial charge on any atom is 0.205 e. The molecule has 2 heterocycles. The van der Waals surface area contributed by atoms with Crippen LogP contribution in [0, 0.1) is 6.92 Å². The second-order valence-corrected chi connectivity index (χ2v) is 4.68. The van der Waals surface area contributed by atoms with Gasteiger partial charge in [-0.3, -0.25) is 4.68 Å². The molecule has 86 valence electrons. The van der Waals surface area contributed by atoms with Crippen molar-refractivity contribution < 1.29 is 0 Å². The first-order valence-corrected chi connectivity index (χ1v) is 6.06. The van der Waals surface area contributed by atoms with Crippen LogP contribution in [0.4, 0.5) is 5.13 Å². The second-order valence-electron chi connectivity index (χ2n) is 3.62. The summed E-state index contributed by atoms with van der Waals surface area (Å²) in [6.45, 7) is 4.84. The topological polar surface area (TPSA) is 55.6 Å². The molecule has 0 saturated carbocycles. The highest BCUT2D eigenvalue weighted by atomic mass is 32.1. The Labute approximate surface area is 98.5 Å². The average molecular weight is 237 g/mol. The molecule has 0 aliphatic carbocycles. The van der Waals surface area contributed by atoms with E-state index in [-0.39, 0.29) is 0 Å². The smallest absolute Gasteiger partial charge is 0.205 e. The van der Waals surface area contributed by atoms with E-state index >= 15 is 0 Å². The van der Waals surface area contributed by atoms with Gasteiger partial charge in [-0.25, -0.2) is 0 Å². The van der Waals surface area contributed by atoms with Gasteiger partial charge in [-0.15, -0.1) is 10.2 Å². The van der Waals surface area contributed by atoms with E-state index in [1.165, 1.54) is 5.56 Å². The molecular formula is C10H15N5S. The van der Waals surface area contributed by atoms with Crippen molar-refractivity contribution in [2.24, 2.45) is 7.05 Å². The van der Waals surface area contributed by atoms with Crippen molar-refractivity contribution in [1.29, 1.82) is 0 Å². The Bertz CT molecular complexity index is 473. The summed E-state index contributed by atoms with van der Waals surface area (Å²) in [7, 11) is 1.93. The monoisotopic (exact) mass is 237 g/mol. The van der Waals surface area contributed by atoms with E-state index in [9.17, 15) is 0 Å². The lowest BCUT2D eigenvalue weighted by atomic mass is 10.3. The number of anilines is 1. The van der Waals surface area contributed by atoms with Crippen molar-refractivity contribution in [2.75, 3.05) is 5.32 Å². The highest BCUT2D eigenvalue weighted by Crippen LogP contribution is 2.16. The van der Waals surface area contributed by atoms with E-state index in [1.807, 2.05) is 24.9 Å². The van der Waals surface area contributed by atoms with E-state index in [4.69, 9.17) is 0 Å². The van der Waals surface area contributed by atoms with Crippen molar-refractivity contribution in [3.05, 3.63) is 22.5 Å². The molecule has 0 aliphatic rings. The van der Waals surface area contributed by atoms with Crippen LogP contribution in [0.25, 0.3) is 0 Å². The third-order valence-corrected chi connectivity index (χ3v) is 3.34. The minimum atomic E-state index is 0.748. The first-order valence-electron chi connectivity index (χ1n) is 5.24. The van der Waals surface area contributed by atoms with Crippen LogP contribution in [0.5, 0.6) is 0 Å². The van der Waals surface area contributed by atoms with Crippen LogP contribution < -0.4 is 5.32 Å². The van der Waals surface area contributed by atoms with Crippen LogP contribution in [0.3, 0.4) is 0 Å². The van der Waals surface area contributed by atoms with Gasteiger partial charge >= 0.3 is 0 Å². The summed E-state index contributed by atoms with van der Waals surface area (Å²) >= 11 is 1.60. The van der Waals surface area contributed by atoms with Gasteiger partial charge in [0.2, 0.25) is 5.13 Å². The SMILES string of the molecule is CCc1nnc(NCc2cn(C)nc2C)s1. The number of aromatic nitrogens is 4. The predicted octanol–water partition coefficient (Wildman–Crippen LogP) is 1.75. The van der Waals surface area contributed by atoms with Gasteiger partial charge in [0.05, 0.1) is 5.69 Å². The van der Waals surface area contributed by atoms with E-state index in [1.54, 1.807) is 11.3 Å². The van der Waals surface area contributed by atoms with Gasteiger partial charge in [0.1, 0.15) is 5.01 Å². The normalized spacial score (nSPS) is 10.7. The van der Waals surface area contributed by atoms with Crippen LogP contribution in [0.15, 0.2) is 6.20 Å². The van der Waals surface area contributed by atoms with Crippen LogP contribution in [-0.4, -0.2) is 20.0 Å². The molecule has 0 bridgehead atoms. The summed E-state index contributed by atoms with van der Waals surface area (Å²) < 4.78 is 1.82. The van der Waals surface area contributed by atoms with Gasteiger partial charge < -0.3 is 5.32 Å². The molecule has 0 amide bonds. The fourth-order valence-electron chi connectivity index (χ4n) is 1.46. The molecule has 0 aromatic carbocycles. The minimum Gasteiger partial charge on any atom is -0.356 e. The van der Waals surface area contributed by atoms with Gasteiger partial charge in [-0.2, -0.15) is 5.10 Å². The molecule has 0 spiro atoms. The first-order chi connectivity index (χ1) is 7.69. The predicted molar refractivity (Wildman–Crippen MR) is 64.6 cm³/mol. The molecule has 1 N–H and O–H groups in total. The van der Waals surface area contributed by atoms with Gasteiger partial charge in [0, 0.05) is 25.4 Å². The molecule has 0 aliphatic heterocycles. The lowest BCUT2D eigenvalue weighted by molar-refractivity contribution is 0.756. The van der Waals surface area contributed by atoms with E-state index in [2.05, 4.69) is 27.5 Å². The van der Waals surface area contributed by atoms with Crippen molar-refractivity contribution in [3.63, 3.8) is 0 Å². The molecule has 0 fully saturated rings. The maximum atomic E-state index is 4.29. The molecule has 16 heavy (non-hydrogen) atoms. The van der Waals surface area contributed by atoms with E-state index < -0.39 is 0 Å². The van der Waals surface area contributed by atoms with Gasteiger partial charge in [0.15, 0.2) is 0 Å². The number of hydrogen-bond donors (Lipinski definition) is 1. The summed E-state index contributed by atoms with van der Waals surface area (Å²) in [5.41, 5.74) is 2.24. The molecular weight excluding hydrogens is 222 g/mol. The molecule has 2 rings (SSSR count). The number of aryl methyl sites for hydroxylation is 3. The summed E-state index contributed by atoms with van der Waals surface area (Å²) in [5, 5.41) is 17.6. The van der Waals surface area contributed by atoms with Gasteiger partial charge in [-0.05, 0) is 13.3 Å². The van der Waals surface area contributed by atoms with Crippen LogP contribution in [0.2, 0.25) is 0 Å². The van der Waals surface area contributed by atoms with Gasteiger partial charge in [-0.1, -0.05) is 18.3 Å². The maximum absolute atomic E-state index is 4.29. The van der Waals surface area contributed by atoms with Crippen LogP contribution >= 0.6 is 11.3 Å². The van der Waals surface area contributed by atoms with Crippen molar-refractivity contribution in [2.45, 2.75) is 26.8 Å². The quantitative estimate of drug-likeness (QED) is 0.880. The number of rotatable bonds is 4. The zero-order valence-corrected chi connectivity index (χ0v) is 10.5. The fraction of sp³-hybridized carbons (Fsp3) is 0.500. The molecule has 2 aromatic rings. The summed E-state index contributed by atoms with van der Waals surface area (Å²) in [5.74, 6) is 0. The summed E-state index contributed by atoms with van der Waals surface area (Å²) in [6, 6.07) is 0. The van der Waals surface area contributed by atoms with E-state index in [0.717, 1.165) is 28.8 Å². The fourth-order valence-corrected chi connectivity index (χ4v) is 2.14. The molecule has 0 saturated heterocycles. The number of hydrogen-bond acceptors (Lipinski definition) is 5. The molecule has 6 heteroatoms. The van der Waals surface area contributed by atoms with Gasteiger partial charge in [0.25, 0.3) is 0 Å². The Hall–Kier alpha value is -1.43. The Morgan fingerprint density at radius 1 is 1.44 bits per heavy atom. The van der Waals surface area contributed by atoms with Crippen molar-refractivity contribution in [1.82, 2.24) is 20.0 Å². The Morgan fingerprint density at radius 2 is 2.25 bits per heavy atom. The second kappa shape index (κ2) is 4.61. The number of nitrogens with zero attached hydrogens (tertiary/aromatic N) is 4. The molecule has 0 unspecified atom stereocenters. The third kappa shape index (κ3) is 2.38. The zero-order valence-electron chi connectivity index (χ0n) is 9.69. The standard InChI is InChI=1S/C10H15N5S/c1-4-9-12-13-10(16-9)11-5-8-6-15(3)14-7(8)2/h6H,4-5H2,1-3H3,(H,11,13). The molecule has 0 radical (unpaired) electrons. The zero-order chi connectivity index (χ0) is 11.5. The highest BCUT2D eigenvalue weighted by Gasteiger charge is 2.05. The Kier molecular flexibility index (Phi) is 3.19. The lowest BCUT2D eigenvalue weighted by Crippen LogP contribution is -1.99. The molecule has 5 nitrogen and oxygen atoms in total. The first kappa shape index (κ1) is 11.1. The largest absolute Gasteiger partial charge is 0.356 e. The summed E-state index contributed by atoms with van der Waals surface area (Å²) in [6.07, 6.45) is 2.95. The van der Waals surface area contributed by atoms with Crippen molar-refractivity contribution in [3.8, 4) is 0 Å². The van der Waals surface area contributed by atoms with Crippen molar-refractivity contribution >= 4 is 16.5 Å². The summed E-state index contributed by atoms with van der Waals surface area (Å²) in [4.78, 5) is 0. The third-order valence-electron chi connectivity index (χ3n) is 2.31. The Balaban J connectivity index is 1.99. The van der Waals surface area contributed by atoms with Crippen LogP contribution in [-0.2, 0) is 20.0 Å². The minimum absolute atomic E-state index is 0.748. The highest BCUT2D eigenvalue weighted by molar-refractivity contribution is 7.15. The molecule has 0 atom stereocenters. The van der Waals surface area contributed by atoms with E-state index in [0.29, 0.717) is 0 Å².